The van der Waals surface area contributed by atoms with Crippen LogP contribution >= 0.6 is 0 Å². The van der Waals surface area contributed by atoms with E-state index in [1.54, 1.807) is 0 Å². The number of carbonyl (C=O) groups excluding carboxylic acids is 1. The number of ketones is 1. The van der Waals surface area contributed by atoms with E-state index in [-0.39, 0.29) is 6.61 Å². The van der Waals surface area contributed by atoms with E-state index in [2.05, 4.69) is 4.74 Å². The van der Waals surface area contributed by atoms with E-state index < -0.39 is 17.3 Å². The van der Waals surface area contributed by atoms with E-state index in [0.717, 1.165) is 0 Å². The Balaban J connectivity index is 2.89. The summed E-state index contributed by atoms with van der Waals surface area (Å²) in [6.07, 6.45) is 1.21. The molecule has 0 aromatic heterocycles. The van der Waals surface area contributed by atoms with Gasteiger partial charge >= 0.3 is 0 Å². The van der Waals surface area contributed by atoms with Crippen LogP contribution in [0.15, 0.2) is 11.8 Å². The smallest absolute Gasteiger partial charge is 0.255 e. The lowest BCUT2D eigenvalue weighted by Gasteiger charge is -2.24. The minimum atomic E-state index is -1.85. The van der Waals surface area contributed by atoms with Crippen LogP contribution in [-0.2, 0) is 9.53 Å². The zero-order chi connectivity index (χ0) is 7.78. The number of rotatable bonds is 0. The fraction of sp³-hybridized carbons (Fsp3) is 0.500. The molecule has 2 N–H and O–H groups in total. The molecule has 0 unspecified atom stereocenters. The van der Waals surface area contributed by atoms with Crippen molar-refractivity contribution in [2.24, 2.45) is 0 Å². The predicted molar refractivity (Wildman–Crippen MR) is 32.3 cm³/mol. The second-order valence-corrected chi connectivity index (χ2v) is 2.21. The number of aliphatic hydroxyl groups excluding tert-OH is 1. The van der Waals surface area contributed by atoms with Crippen LogP contribution in [-0.4, -0.2) is 28.4 Å². The number of aliphatic hydroxyl groups is 2. The molecule has 1 rings (SSSR count). The summed E-state index contributed by atoms with van der Waals surface area (Å²) in [7, 11) is 0. The first-order chi connectivity index (χ1) is 4.54. The standard InChI is InChI=1S/C6H8O4/c1-6(9)5(8)4(7)2-3-10-6/h2,7,9H,3H2,1H3/t6-/m1/s1. The first kappa shape index (κ1) is 7.24. The minimum Gasteiger partial charge on any atom is -0.504 e. The van der Waals surface area contributed by atoms with Gasteiger partial charge in [0.15, 0.2) is 5.76 Å². The van der Waals surface area contributed by atoms with E-state index in [1.165, 1.54) is 13.0 Å². The van der Waals surface area contributed by atoms with Crippen LogP contribution in [0.25, 0.3) is 0 Å². The molecule has 0 saturated heterocycles. The predicted octanol–water partition coefficient (Wildman–Crippen LogP) is -0.264. The number of ether oxygens (including phenoxy) is 1. The Morgan fingerprint density at radius 3 is 2.80 bits per heavy atom. The van der Waals surface area contributed by atoms with Crippen molar-refractivity contribution in [3.05, 3.63) is 11.8 Å². The Labute approximate surface area is 57.7 Å². The molecule has 0 bridgehead atoms. The number of carbonyl (C=O) groups is 1. The van der Waals surface area contributed by atoms with Crippen LogP contribution in [0.5, 0.6) is 0 Å². The lowest BCUT2D eigenvalue weighted by Crippen LogP contribution is -2.42. The number of hydrogen-bond donors (Lipinski definition) is 2. The zero-order valence-corrected chi connectivity index (χ0v) is 5.50. The fourth-order valence-corrected chi connectivity index (χ4v) is 0.679. The summed E-state index contributed by atoms with van der Waals surface area (Å²) >= 11 is 0. The summed E-state index contributed by atoms with van der Waals surface area (Å²) in [4.78, 5) is 10.8. The number of hydrogen-bond acceptors (Lipinski definition) is 4. The molecule has 4 heteroatoms. The van der Waals surface area contributed by atoms with E-state index >= 15 is 0 Å². The molecule has 10 heavy (non-hydrogen) atoms. The molecule has 0 saturated carbocycles. The highest BCUT2D eigenvalue weighted by Gasteiger charge is 2.36. The fourth-order valence-electron chi connectivity index (χ4n) is 0.679. The van der Waals surface area contributed by atoms with Crippen molar-refractivity contribution in [1.29, 1.82) is 0 Å². The maximum absolute atomic E-state index is 10.8. The summed E-state index contributed by atoms with van der Waals surface area (Å²) < 4.78 is 4.62. The molecule has 0 aromatic carbocycles. The molecular weight excluding hydrogens is 136 g/mol. The topological polar surface area (TPSA) is 66.8 Å². The lowest BCUT2D eigenvalue weighted by atomic mass is 10.1. The Morgan fingerprint density at radius 1 is 1.80 bits per heavy atom. The van der Waals surface area contributed by atoms with Gasteiger partial charge in [0.05, 0.1) is 6.61 Å². The van der Waals surface area contributed by atoms with Gasteiger partial charge in [-0.1, -0.05) is 0 Å². The minimum absolute atomic E-state index is 0.0601. The SMILES string of the molecule is C[C@@]1(O)OCC=C(O)C1=O. The molecule has 0 radical (unpaired) electrons. The molecule has 0 aromatic rings. The highest BCUT2D eigenvalue weighted by Crippen LogP contribution is 2.16. The average molecular weight is 144 g/mol. The monoisotopic (exact) mass is 144 g/mol. The van der Waals surface area contributed by atoms with Crippen LogP contribution in [0.2, 0.25) is 0 Å². The van der Waals surface area contributed by atoms with Gasteiger partial charge in [-0.3, -0.25) is 4.79 Å². The first-order valence-electron chi connectivity index (χ1n) is 2.84. The first-order valence-corrected chi connectivity index (χ1v) is 2.84. The molecule has 0 amide bonds. The maximum atomic E-state index is 10.8. The summed E-state index contributed by atoms with van der Waals surface area (Å²) in [6.45, 7) is 1.25. The van der Waals surface area contributed by atoms with E-state index in [9.17, 15) is 4.79 Å². The van der Waals surface area contributed by atoms with Crippen LogP contribution in [0.4, 0.5) is 0 Å². The zero-order valence-electron chi connectivity index (χ0n) is 5.50. The van der Waals surface area contributed by atoms with Gasteiger partial charge in [-0.05, 0) is 13.0 Å². The third-order valence-electron chi connectivity index (χ3n) is 1.30. The Bertz CT molecular complexity index is 192. The summed E-state index contributed by atoms with van der Waals surface area (Å²) in [5, 5.41) is 17.8. The van der Waals surface area contributed by atoms with Gasteiger partial charge in [0, 0.05) is 0 Å². The second kappa shape index (κ2) is 2.07. The Morgan fingerprint density at radius 2 is 2.40 bits per heavy atom. The van der Waals surface area contributed by atoms with Crippen LogP contribution < -0.4 is 0 Å². The van der Waals surface area contributed by atoms with Gasteiger partial charge in [-0.2, -0.15) is 0 Å². The maximum Gasteiger partial charge on any atom is 0.255 e. The van der Waals surface area contributed by atoms with Gasteiger partial charge < -0.3 is 14.9 Å². The van der Waals surface area contributed by atoms with Gasteiger partial charge in [0.25, 0.3) is 5.78 Å². The van der Waals surface area contributed by atoms with Gasteiger partial charge in [-0.25, -0.2) is 0 Å². The molecule has 1 aliphatic heterocycles. The van der Waals surface area contributed by atoms with Crippen molar-refractivity contribution >= 4 is 5.78 Å². The molecule has 4 nitrogen and oxygen atoms in total. The molecule has 1 heterocycles. The van der Waals surface area contributed by atoms with E-state index in [4.69, 9.17) is 10.2 Å². The summed E-state index contributed by atoms with van der Waals surface area (Å²) in [5.74, 6) is -3.08. The van der Waals surface area contributed by atoms with Crippen LogP contribution in [0, 0.1) is 0 Å². The van der Waals surface area contributed by atoms with Crippen molar-refractivity contribution in [2.75, 3.05) is 6.61 Å². The quantitative estimate of drug-likeness (QED) is 0.491. The largest absolute Gasteiger partial charge is 0.504 e. The lowest BCUT2D eigenvalue weighted by molar-refractivity contribution is -0.195. The van der Waals surface area contributed by atoms with E-state index in [1.807, 2.05) is 0 Å². The van der Waals surface area contributed by atoms with Crippen molar-refractivity contribution in [3.8, 4) is 0 Å². The molecule has 0 aliphatic carbocycles. The highest BCUT2D eigenvalue weighted by atomic mass is 16.6. The van der Waals surface area contributed by atoms with Gasteiger partial charge in [0.1, 0.15) is 0 Å². The van der Waals surface area contributed by atoms with Gasteiger partial charge in [0.2, 0.25) is 5.79 Å². The van der Waals surface area contributed by atoms with Crippen LogP contribution in [0.3, 0.4) is 0 Å². The Hall–Kier alpha value is -0.870. The molecule has 1 atom stereocenters. The molecular formula is C6H8O4. The van der Waals surface area contributed by atoms with Crippen molar-refractivity contribution < 1.29 is 19.7 Å². The number of Topliss-reactive ketones (excluding diaryl/α,β-unsaturated/α-hetero) is 1. The molecule has 0 fully saturated rings. The van der Waals surface area contributed by atoms with E-state index in [0.29, 0.717) is 0 Å². The molecule has 1 aliphatic rings. The van der Waals surface area contributed by atoms with Crippen molar-refractivity contribution in [3.63, 3.8) is 0 Å². The van der Waals surface area contributed by atoms with Crippen molar-refractivity contribution in [1.82, 2.24) is 0 Å². The van der Waals surface area contributed by atoms with Crippen LogP contribution in [0.1, 0.15) is 6.92 Å². The normalized spacial score (nSPS) is 33.8. The van der Waals surface area contributed by atoms with Crippen molar-refractivity contribution in [2.45, 2.75) is 12.7 Å². The molecule has 0 spiro atoms. The summed E-state index contributed by atoms with van der Waals surface area (Å²) in [6, 6.07) is 0. The average Bonchev–Trinajstić information content (AvgIpc) is 1.83. The Kier molecular flexibility index (Phi) is 1.50. The van der Waals surface area contributed by atoms with Gasteiger partial charge in [-0.15, -0.1) is 0 Å². The highest BCUT2D eigenvalue weighted by molar-refractivity contribution is 5.98. The summed E-state index contributed by atoms with van der Waals surface area (Å²) in [5.41, 5.74) is 0. The second-order valence-electron chi connectivity index (χ2n) is 2.21. The third-order valence-corrected chi connectivity index (χ3v) is 1.30. The third kappa shape index (κ3) is 1.03. The molecule has 56 valence electrons.